The molecule has 1 aromatic rings. The normalized spacial score (nSPS) is 22.1. The van der Waals surface area contributed by atoms with Crippen molar-refractivity contribution in [2.75, 3.05) is 0 Å². The van der Waals surface area contributed by atoms with Crippen LogP contribution in [0.15, 0.2) is 17.1 Å². The first-order chi connectivity index (χ1) is 9.17. The molecule has 10 heteroatoms. The predicted octanol–water partition coefficient (Wildman–Crippen LogP) is 0.208. The fourth-order valence-electron chi connectivity index (χ4n) is 1.71. The molecular weight excluding hydrogens is 280 g/mol. The lowest BCUT2D eigenvalue weighted by Gasteiger charge is -2.22. The molecule has 1 unspecified atom stereocenters. The van der Waals surface area contributed by atoms with E-state index < -0.39 is 28.9 Å². The summed E-state index contributed by atoms with van der Waals surface area (Å²) >= 11 is 0. The van der Waals surface area contributed by atoms with Crippen molar-refractivity contribution in [3.05, 3.63) is 34.6 Å². The molecule has 1 aliphatic heterocycles. The Kier molecular flexibility index (Phi) is 3.04. The minimum absolute atomic E-state index is 0.161. The fraction of sp³-hybridized carbons (Fsp3) is 0.200. The second kappa shape index (κ2) is 4.32. The summed E-state index contributed by atoms with van der Waals surface area (Å²) in [6, 6.07) is 2.43. The summed E-state index contributed by atoms with van der Waals surface area (Å²) in [6.45, 7) is 0. The number of halogens is 4. The van der Waals surface area contributed by atoms with Crippen molar-refractivity contribution < 1.29 is 17.6 Å². The van der Waals surface area contributed by atoms with E-state index in [0.717, 1.165) is 0 Å². The van der Waals surface area contributed by atoms with Crippen LogP contribution in [0.25, 0.3) is 0 Å². The van der Waals surface area contributed by atoms with Gasteiger partial charge in [0.25, 0.3) is 0 Å². The molecule has 0 saturated carbocycles. The van der Waals surface area contributed by atoms with E-state index in [4.69, 9.17) is 16.7 Å². The number of nitrogens with zero attached hydrogens (tertiary/aromatic N) is 2. The molecule has 2 rings (SSSR count). The SMILES string of the molecule is N#Cc1c(F)cc(C2(N)N=C(N)NN2)cc1C(F)(F)F. The lowest BCUT2D eigenvalue weighted by Crippen LogP contribution is -2.50. The van der Waals surface area contributed by atoms with Crippen LogP contribution in [0.2, 0.25) is 0 Å². The Morgan fingerprint density at radius 2 is 2.00 bits per heavy atom. The highest BCUT2D eigenvalue weighted by atomic mass is 19.4. The number of hydrazine groups is 1. The van der Waals surface area contributed by atoms with Crippen molar-refractivity contribution in [3.8, 4) is 6.07 Å². The van der Waals surface area contributed by atoms with Crippen molar-refractivity contribution in [1.29, 1.82) is 5.26 Å². The molecule has 6 N–H and O–H groups in total. The van der Waals surface area contributed by atoms with Gasteiger partial charge in [0.15, 0.2) is 0 Å². The highest BCUT2D eigenvalue weighted by Crippen LogP contribution is 2.35. The second-order valence-electron chi connectivity index (χ2n) is 4.00. The van der Waals surface area contributed by atoms with Gasteiger partial charge in [-0.25, -0.2) is 9.38 Å². The summed E-state index contributed by atoms with van der Waals surface area (Å²) in [7, 11) is 0. The van der Waals surface area contributed by atoms with Gasteiger partial charge in [-0.05, 0) is 12.1 Å². The Hall–Kier alpha value is -2.38. The summed E-state index contributed by atoms with van der Waals surface area (Å²) in [5.41, 5.74) is 12.7. The van der Waals surface area contributed by atoms with Gasteiger partial charge >= 0.3 is 6.18 Å². The fourth-order valence-corrected chi connectivity index (χ4v) is 1.71. The largest absolute Gasteiger partial charge is 0.417 e. The third kappa shape index (κ3) is 2.24. The zero-order chi connectivity index (χ0) is 15.1. The zero-order valence-corrected chi connectivity index (χ0v) is 9.72. The average Bonchev–Trinajstić information content (AvgIpc) is 2.68. The van der Waals surface area contributed by atoms with Gasteiger partial charge in [0.2, 0.25) is 11.7 Å². The van der Waals surface area contributed by atoms with Gasteiger partial charge in [-0.2, -0.15) is 23.9 Å². The van der Waals surface area contributed by atoms with E-state index in [1.165, 1.54) is 6.07 Å². The summed E-state index contributed by atoms with van der Waals surface area (Å²) < 4.78 is 52.1. The van der Waals surface area contributed by atoms with Gasteiger partial charge in [-0.3, -0.25) is 11.2 Å². The van der Waals surface area contributed by atoms with E-state index in [-0.39, 0.29) is 11.5 Å². The van der Waals surface area contributed by atoms with Crippen molar-refractivity contribution in [3.63, 3.8) is 0 Å². The lowest BCUT2D eigenvalue weighted by atomic mass is 10.00. The number of hydrogen-bond acceptors (Lipinski definition) is 6. The lowest BCUT2D eigenvalue weighted by molar-refractivity contribution is -0.138. The first kappa shape index (κ1) is 14.0. The van der Waals surface area contributed by atoms with E-state index in [1.54, 1.807) is 0 Å². The topological polar surface area (TPSA) is 112 Å². The minimum Gasteiger partial charge on any atom is -0.369 e. The van der Waals surface area contributed by atoms with E-state index in [0.29, 0.717) is 12.1 Å². The Bertz CT molecular complexity index is 632. The standard InChI is InChI=1S/C10H8F4N6/c11-7-2-4(10(17)18-8(16)19-20-10)1-6(5(7)3-15)9(12,13)14/h1-2,20H,17H2,(H3,16,18,19). The van der Waals surface area contributed by atoms with Crippen LogP contribution < -0.4 is 22.3 Å². The van der Waals surface area contributed by atoms with Gasteiger partial charge in [0.1, 0.15) is 11.9 Å². The smallest absolute Gasteiger partial charge is 0.369 e. The molecule has 0 fully saturated rings. The Morgan fingerprint density at radius 1 is 1.35 bits per heavy atom. The third-order valence-electron chi connectivity index (χ3n) is 2.63. The van der Waals surface area contributed by atoms with Crippen LogP contribution in [0.3, 0.4) is 0 Å². The van der Waals surface area contributed by atoms with Gasteiger partial charge in [-0.1, -0.05) is 0 Å². The average molecular weight is 288 g/mol. The van der Waals surface area contributed by atoms with Crippen molar-refractivity contribution >= 4 is 5.96 Å². The molecule has 0 aliphatic carbocycles. The van der Waals surface area contributed by atoms with Crippen molar-refractivity contribution in [2.45, 2.75) is 12.0 Å². The number of nitrogens with one attached hydrogen (secondary N) is 2. The van der Waals surface area contributed by atoms with Gasteiger partial charge in [0.05, 0.1) is 11.1 Å². The first-order valence-electron chi connectivity index (χ1n) is 5.16. The molecule has 0 bridgehead atoms. The van der Waals surface area contributed by atoms with Crippen LogP contribution >= 0.6 is 0 Å². The van der Waals surface area contributed by atoms with Gasteiger partial charge in [-0.15, -0.1) is 0 Å². The highest BCUT2D eigenvalue weighted by Gasteiger charge is 2.39. The van der Waals surface area contributed by atoms with Crippen LogP contribution in [0, 0.1) is 17.1 Å². The van der Waals surface area contributed by atoms with Gasteiger partial charge in [0, 0.05) is 5.56 Å². The molecular formula is C10H8F4N6. The van der Waals surface area contributed by atoms with Crippen LogP contribution in [0.1, 0.15) is 16.7 Å². The van der Waals surface area contributed by atoms with E-state index in [9.17, 15) is 17.6 Å². The number of nitrogens with two attached hydrogens (primary N) is 2. The molecule has 1 atom stereocenters. The monoisotopic (exact) mass is 288 g/mol. The molecule has 0 amide bonds. The number of guanidine groups is 1. The van der Waals surface area contributed by atoms with Crippen molar-refractivity contribution in [1.82, 2.24) is 10.9 Å². The molecule has 1 aliphatic rings. The van der Waals surface area contributed by atoms with Gasteiger partial charge < -0.3 is 5.73 Å². The maximum absolute atomic E-state index is 13.7. The number of nitriles is 1. The number of aliphatic imine (C=N–C) groups is 1. The van der Waals surface area contributed by atoms with E-state index in [1.807, 2.05) is 0 Å². The molecule has 20 heavy (non-hydrogen) atoms. The van der Waals surface area contributed by atoms with Crippen LogP contribution in [0.4, 0.5) is 17.6 Å². The molecule has 0 spiro atoms. The van der Waals surface area contributed by atoms with Crippen LogP contribution in [-0.4, -0.2) is 5.96 Å². The number of rotatable bonds is 1. The maximum Gasteiger partial charge on any atom is 0.417 e. The third-order valence-corrected chi connectivity index (χ3v) is 2.63. The van der Waals surface area contributed by atoms with Crippen molar-refractivity contribution in [2.24, 2.45) is 16.5 Å². The Labute approximate surface area is 110 Å². The Morgan fingerprint density at radius 3 is 2.45 bits per heavy atom. The predicted molar refractivity (Wildman–Crippen MR) is 59.9 cm³/mol. The number of hydrogen-bond donors (Lipinski definition) is 4. The van der Waals surface area contributed by atoms with Crippen LogP contribution in [0.5, 0.6) is 0 Å². The molecule has 1 aromatic carbocycles. The molecule has 0 radical (unpaired) electrons. The highest BCUT2D eigenvalue weighted by molar-refractivity contribution is 5.79. The molecule has 6 nitrogen and oxygen atoms in total. The molecule has 1 heterocycles. The number of benzene rings is 1. The second-order valence-corrected chi connectivity index (χ2v) is 4.00. The van der Waals surface area contributed by atoms with E-state index in [2.05, 4.69) is 15.8 Å². The quantitative estimate of drug-likeness (QED) is 0.552. The Balaban J connectivity index is 2.65. The minimum atomic E-state index is -4.90. The summed E-state index contributed by atoms with van der Waals surface area (Å²) in [6.07, 6.45) is -4.90. The molecule has 0 aromatic heterocycles. The maximum atomic E-state index is 13.7. The molecule has 0 saturated heterocycles. The first-order valence-corrected chi connectivity index (χ1v) is 5.16. The van der Waals surface area contributed by atoms with E-state index >= 15 is 0 Å². The summed E-state index contributed by atoms with van der Waals surface area (Å²) in [4.78, 5) is 3.64. The summed E-state index contributed by atoms with van der Waals surface area (Å²) in [5, 5.41) is 8.63. The molecule has 106 valence electrons. The number of alkyl halides is 3. The van der Waals surface area contributed by atoms with Crippen LogP contribution in [-0.2, 0) is 12.0 Å². The zero-order valence-electron chi connectivity index (χ0n) is 9.72. The summed E-state index contributed by atoms with van der Waals surface area (Å²) in [5.74, 6) is -3.35.